The summed E-state index contributed by atoms with van der Waals surface area (Å²) in [7, 11) is 0. The lowest BCUT2D eigenvalue weighted by molar-refractivity contribution is -0.142. The van der Waals surface area contributed by atoms with Crippen LogP contribution >= 0.6 is 15.9 Å². The van der Waals surface area contributed by atoms with Crippen LogP contribution in [0.3, 0.4) is 0 Å². The van der Waals surface area contributed by atoms with E-state index in [2.05, 4.69) is 31.1 Å². The predicted octanol–water partition coefficient (Wildman–Crippen LogP) is 2.38. The van der Waals surface area contributed by atoms with Crippen LogP contribution in [0, 0.1) is 5.82 Å². The summed E-state index contributed by atoms with van der Waals surface area (Å²) in [6, 6.07) is 4.62. The SMILES string of the molecule is CCNC(=NCc1cc(F)ccc1Br)N1CCN(C(=O)C2CCCO2)CC1. The highest BCUT2D eigenvalue weighted by Gasteiger charge is 2.30. The number of piperazine rings is 1. The van der Waals surface area contributed by atoms with Gasteiger partial charge in [-0.3, -0.25) is 4.79 Å². The number of aliphatic imine (C=N–C) groups is 1. The first-order valence-corrected chi connectivity index (χ1v) is 10.3. The molecule has 1 aromatic carbocycles. The molecule has 1 aromatic rings. The van der Waals surface area contributed by atoms with Crippen molar-refractivity contribution in [1.29, 1.82) is 0 Å². The fourth-order valence-corrected chi connectivity index (χ4v) is 3.74. The zero-order valence-electron chi connectivity index (χ0n) is 15.6. The summed E-state index contributed by atoms with van der Waals surface area (Å²) in [4.78, 5) is 21.2. The molecule has 6 nitrogen and oxygen atoms in total. The standard InChI is InChI=1S/C19H26BrFN4O2/c1-2-22-19(23-13-14-12-15(21)5-6-16(14)20)25-9-7-24(8-10-25)18(26)17-4-3-11-27-17/h5-6,12,17H,2-4,7-11,13H2,1H3,(H,22,23). The molecule has 1 N–H and O–H groups in total. The molecule has 0 aliphatic carbocycles. The highest BCUT2D eigenvalue weighted by Crippen LogP contribution is 2.19. The van der Waals surface area contributed by atoms with Gasteiger partial charge in [-0.25, -0.2) is 9.38 Å². The van der Waals surface area contributed by atoms with Crippen LogP contribution in [0.15, 0.2) is 27.7 Å². The van der Waals surface area contributed by atoms with E-state index < -0.39 is 0 Å². The van der Waals surface area contributed by atoms with E-state index in [4.69, 9.17) is 4.74 Å². The number of hydrogen-bond acceptors (Lipinski definition) is 3. The zero-order valence-corrected chi connectivity index (χ0v) is 17.2. The highest BCUT2D eigenvalue weighted by molar-refractivity contribution is 9.10. The third-order valence-electron chi connectivity index (χ3n) is 4.84. The zero-order chi connectivity index (χ0) is 19.2. The van der Waals surface area contributed by atoms with Gasteiger partial charge in [0, 0.05) is 43.8 Å². The molecule has 2 aliphatic rings. The topological polar surface area (TPSA) is 57.2 Å². The van der Waals surface area contributed by atoms with E-state index in [0.717, 1.165) is 35.4 Å². The molecule has 8 heteroatoms. The van der Waals surface area contributed by atoms with Crippen LogP contribution in [0.4, 0.5) is 4.39 Å². The van der Waals surface area contributed by atoms with Crippen LogP contribution in [0.1, 0.15) is 25.3 Å². The number of nitrogens with zero attached hydrogens (tertiary/aromatic N) is 3. The quantitative estimate of drug-likeness (QED) is 0.576. The number of rotatable bonds is 4. The molecule has 2 aliphatic heterocycles. The van der Waals surface area contributed by atoms with Gasteiger partial charge >= 0.3 is 0 Å². The Labute approximate surface area is 167 Å². The minimum Gasteiger partial charge on any atom is -0.368 e. The molecule has 148 valence electrons. The molecule has 2 fully saturated rings. The predicted molar refractivity (Wildman–Crippen MR) is 106 cm³/mol. The van der Waals surface area contributed by atoms with Crippen LogP contribution in [-0.4, -0.2) is 67.1 Å². The fourth-order valence-electron chi connectivity index (χ4n) is 3.37. The Morgan fingerprint density at radius 3 is 2.74 bits per heavy atom. The number of hydrogen-bond donors (Lipinski definition) is 1. The molecule has 0 saturated carbocycles. The van der Waals surface area contributed by atoms with Crippen molar-refractivity contribution in [1.82, 2.24) is 15.1 Å². The van der Waals surface area contributed by atoms with E-state index in [-0.39, 0.29) is 17.8 Å². The Kier molecular flexibility index (Phi) is 7.07. The Bertz CT molecular complexity index is 686. The van der Waals surface area contributed by atoms with Crippen molar-refractivity contribution < 1.29 is 13.9 Å². The average molecular weight is 441 g/mol. The molecule has 0 aromatic heterocycles. The lowest BCUT2D eigenvalue weighted by atomic mass is 10.2. The van der Waals surface area contributed by atoms with Crippen LogP contribution in [-0.2, 0) is 16.1 Å². The molecular weight excluding hydrogens is 415 g/mol. The smallest absolute Gasteiger partial charge is 0.251 e. The summed E-state index contributed by atoms with van der Waals surface area (Å²) in [6.45, 7) is 6.59. The molecular formula is C19H26BrFN4O2. The highest BCUT2D eigenvalue weighted by atomic mass is 79.9. The van der Waals surface area contributed by atoms with Gasteiger partial charge in [-0.2, -0.15) is 0 Å². The van der Waals surface area contributed by atoms with Gasteiger partial charge in [-0.1, -0.05) is 15.9 Å². The number of ether oxygens (including phenoxy) is 1. The average Bonchev–Trinajstić information content (AvgIpc) is 3.22. The molecule has 3 rings (SSSR count). The summed E-state index contributed by atoms with van der Waals surface area (Å²) in [5, 5.41) is 3.29. The second-order valence-electron chi connectivity index (χ2n) is 6.72. The number of carbonyl (C=O) groups is 1. The molecule has 2 heterocycles. The van der Waals surface area contributed by atoms with E-state index >= 15 is 0 Å². The first-order valence-electron chi connectivity index (χ1n) is 9.46. The van der Waals surface area contributed by atoms with Crippen molar-refractivity contribution in [3.05, 3.63) is 34.1 Å². The van der Waals surface area contributed by atoms with Crippen molar-refractivity contribution in [3.63, 3.8) is 0 Å². The Balaban J connectivity index is 1.60. The van der Waals surface area contributed by atoms with Crippen LogP contribution in [0.2, 0.25) is 0 Å². The largest absolute Gasteiger partial charge is 0.368 e. The third-order valence-corrected chi connectivity index (χ3v) is 5.61. The minimum absolute atomic E-state index is 0.109. The maximum Gasteiger partial charge on any atom is 0.251 e. The van der Waals surface area contributed by atoms with Crippen molar-refractivity contribution in [2.45, 2.75) is 32.4 Å². The van der Waals surface area contributed by atoms with Gasteiger partial charge < -0.3 is 19.9 Å². The monoisotopic (exact) mass is 440 g/mol. The Morgan fingerprint density at radius 1 is 1.33 bits per heavy atom. The van der Waals surface area contributed by atoms with Crippen LogP contribution in [0.5, 0.6) is 0 Å². The molecule has 27 heavy (non-hydrogen) atoms. The minimum atomic E-state index is -0.269. The van der Waals surface area contributed by atoms with Crippen molar-refractivity contribution in [3.8, 4) is 0 Å². The van der Waals surface area contributed by atoms with Gasteiger partial charge in [0.2, 0.25) is 0 Å². The van der Waals surface area contributed by atoms with Gasteiger partial charge in [0.25, 0.3) is 5.91 Å². The van der Waals surface area contributed by atoms with Gasteiger partial charge in [0.05, 0.1) is 6.54 Å². The van der Waals surface area contributed by atoms with Gasteiger partial charge in [0.15, 0.2) is 5.96 Å². The molecule has 1 unspecified atom stereocenters. The number of benzene rings is 1. The normalized spacial score (nSPS) is 20.9. The second kappa shape index (κ2) is 9.50. The maximum atomic E-state index is 13.5. The second-order valence-corrected chi connectivity index (χ2v) is 7.57. The fraction of sp³-hybridized carbons (Fsp3) is 0.579. The number of guanidine groups is 1. The van der Waals surface area contributed by atoms with E-state index in [1.165, 1.54) is 12.1 Å². The molecule has 1 amide bonds. The van der Waals surface area contributed by atoms with E-state index in [1.807, 2.05) is 11.8 Å². The van der Waals surface area contributed by atoms with Crippen molar-refractivity contribution in [2.24, 2.45) is 4.99 Å². The van der Waals surface area contributed by atoms with Crippen LogP contribution in [0.25, 0.3) is 0 Å². The first kappa shape index (κ1) is 20.1. The summed E-state index contributed by atoms with van der Waals surface area (Å²) in [6.07, 6.45) is 1.53. The third kappa shape index (κ3) is 5.19. The van der Waals surface area contributed by atoms with Crippen LogP contribution < -0.4 is 5.32 Å². The molecule has 1 atom stereocenters. The molecule has 0 bridgehead atoms. The lowest BCUT2D eigenvalue weighted by Gasteiger charge is -2.37. The maximum absolute atomic E-state index is 13.5. The number of amides is 1. The van der Waals surface area contributed by atoms with Gasteiger partial charge in [-0.15, -0.1) is 0 Å². The summed E-state index contributed by atoms with van der Waals surface area (Å²) in [5.74, 6) is 0.630. The Hall–Kier alpha value is -1.67. The summed E-state index contributed by atoms with van der Waals surface area (Å²) >= 11 is 3.45. The summed E-state index contributed by atoms with van der Waals surface area (Å²) < 4.78 is 19.8. The van der Waals surface area contributed by atoms with Gasteiger partial charge in [-0.05, 0) is 43.5 Å². The number of carbonyl (C=O) groups excluding carboxylic acids is 1. The van der Waals surface area contributed by atoms with Crippen molar-refractivity contribution in [2.75, 3.05) is 39.3 Å². The van der Waals surface area contributed by atoms with E-state index in [1.54, 1.807) is 6.07 Å². The number of nitrogens with one attached hydrogen (secondary N) is 1. The molecule has 0 radical (unpaired) electrons. The first-order chi connectivity index (χ1) is 13.1. The Morgan fingerprint density at radius 2 is 2.07 bits per heavy atom. The molecule has 2 saturated heterocycles. The van der Waals surface area contributed by atoms with E-state index in [0.29, 0.717) is 39.3 Å². The van der Waals surface area contributed by atoms with Gasteiger partial charge in [0.1, 0.15) is 11.9 Å². The van der Waals surface area contributed by atoms with E-state index in [9.17, 15) is 9.18 Å². The van der Waals surface area contributed by atoms with Crippen molar-refractivity contribution >= 4 is 27.8 Å². The molecule has 0 spiro atoms. The number of halogens is 2. The lowest BCUT2D eigenvalue weighted by Crippen LogP contribution is -2.55. The summed E-state index contributed by atoms with van der Waals surface area (Å²) in [5.41, 5.74) is 0.803.